The quantitative estimate of drug-likeness (QED) is 0.387. The van der Waals surface area contributed by atoms with Gasteiger partial charge in [-0.2, -0.15) is 0 Å². The van der Waals surface area contributed by atoms with Gasteiger partial charge in [-0.05, 0) is 25.5 Å². The molecule has 122 valence electrons. The molecule has 2 aromatic rings. The Morgan fingerprint density at radius 3 is 2.26 bits per heavy atom. The smallest absolute Gasteiger partial charge is 0.182 e. The first-order valence-electron chi connectivity index (χ1n) is 8.24. The minimum absolute atomic E-state index is 0.0976. The molecule has 0 aliphatic rings. The van der Waals surface area contributed by atoms with Gasteiger partial charge in [0.1, 0.15) is 6.23 Å². The number of hydrogen-bond acceptors (Lipinski definition) is 3. The molecule has 0 saturated carbocycles. The van der Waals surface area contributed by atoms with E-state index in [0.29, 0.717) is 13.2 Å². The van der Waals surface area contributed by atoms with Crippen molar-refractivity contribution in [3.05, 3.63) is 66.2 Å². The molecule has 0 fully saturated rings. The maximum absolute atomic E-state index is 12.6. The third-order valence-corrected chi connectivity index (χ3v) is 3.79. The Hall–Kier alpha value is -2.13. The van der Waals surface area contributed by atoms with Crippen LogP contribution in [0.3, 0.4) is 0 Å². The molecule has 2 aromatic carbocycles. The SMILES string of the molecule is CCCCOC(C)N(CC(=O)c1ccccc1)c1ccccc1. The van der Waals surface area contributed by atoms with Crippen molar-refractivity contribution in [3.8, 4) is 0 Å². The average Bonchev–Trinajstić information content (AvgIpc) is 2.61. The molecule has 0 heterocycles. The molecule has 3 heteroatoms. The van der Waals surface area contributed by atoms with Gasteiger partial charge in [0.05, 0.1) is 6.54 Å². The lowest BCUT2D eigenvalue weighted by molar-refractivity contribution is 0.0595. The van der Waals surface area contributed by atoms with E-state index in [-0.39, 0.29) is 12.0 Å². The van der Waals surface area contributed by atoms with Crippen LogP contribution in [0.2, 0.25) is 0 Å². The molecule has 0 saturated heterocycles. The molecule has 1 unspecified atom stereocenters. The van der Waals surface area contributed by atoms with Crippen molar-refractivity contribution in [1.29, 1.82) is 0 Å². The molecule has 0 N–H and O–H groups in total. The van der Waals surface area contributed by atoms with Crippen LogP contribution < -0.4 is 4.90 Å². The number of unbranched alkanes of at least 4 members (excludes halogenated alkanes) is 1. The monoisotopic (exact) mass is 311 g/mol. The fraction of sp³-hybridized carbons (Fsp3) is 0.350. The maximum atomic E-state index is 12.6. The van der Waals surface area contributed by atoms with Crippen molar-refractivity contribution in [2.75, 3.05) is 18.1 Å². The second-order valence-corrected chi connectivity index (χ2v) is 5.58. The van der Waals surface area contributed by atoms with Crippen LogP contribution in [0.15, 0.2) is 60.7 Å². The Bertz CT molecular complexity index is 583. The molecule has 0 aromatic heterocycles. The highest BCUT2D eigenvalue weighted by molar-refractivity contribution is 5.99. The highest BCUT2D eigenvalue weighted by atomic mass is 16.5. The van der Waals surface area contributed by atoms with E-state index in [1.54, 1.807) is 0 Å². The molecule has 0 bridgehead atoms. The minimum Gasteiger partial charge on any atom is -0.359 e. The van der Waals surface area contributed by atoms with Crippen LogP contribution in [0.1, 0.15) is 37.0 Å². The number of hydrogen-bond donors (Lipinski definition) is 0. The van der Waals surface area contributed by atoms with Gasteiger partial charge in [0.15, 0.2) is 5.78 Å². The van der Waals surface area contributed by atoms with Crippen LogP contribution >= 0.6 is 0 Å². The number of benzene rings is 2. The molecule has 0 amide bonds. The number of nitrogens with zero attached hydrogens (tertiary/aromatic N) is 1. The second-order valence-electron chi connectivity index (χ2n) is 5.58. The number of ketones is 1. The number of para-hydroxylation sites is 1. The minimum atomic E-state index is -0.142. The molecule has 3 nitrogen and oxygen atoms in total. The van der Waals surface area contributed by atoms with Gasteiger partial charge in [-0.25, -0.2) is 0 Å². The zero-order chi connectivity index (χ0) is 16.5. The summed E-state index contributed by atoms with van der Waals surface area (Å²) in [5.74, 6) is 0.0976. The van der Waals surface area contributed by atoms with E-state index in [1.165, 1.54) is 0 Å². The van der Waals surface area contributed by atoms with Crippen molar-refractivity contribution in [1.82, 2.24) is 0 Å². The number of carbonyl (C=O) groups is 1. The number of ether oxygens (including phenoxy) is 1. The molecular formula is C20H25NO2. The van der Waals surface area contributed by atoms with Crippen LogP contribution in [0, 0.1) is 0 Å². The summed E-state index contributed by atoms with van der Waals surface area (Å²) < 4.78 is 5.91. The summed E-state index contributed by atoms with van der Waals surface area (Å²) >= 11 is 0. The summed E-state index contributed by atoms with van der Waals surface area (Å²) in [6, 6.07) is 19.4. The van der Waals surface area contributed by atoms with Crippen LogP contribution in [0.25, 0.3) is 0 Å². The van der Waals surface area contributed by atoms with E-state index in [9.17, 15) is 4.79 Å². The predicted octanol–water partition coefficient (Wildman–Crippen LogP) is 4.54. The fourth-order valence-corrected chi connectivity index (χ4v) is 2.41. The van der Waals surface area contributed by atoms with Gasteiger partial charge in [0.2, 0.25) is 0 Å². The lowest BCUT2D eigenvalue weighted by atomic mass is 10.1. The number of rotatable bonds is 9. The molecular weight excluding hydrogens is 286 g/mol. The van der Waals surface area contributed by atoms with Gasteiger partial charge in [-0.15, -0.1) is 0 Å². The Kier molecular flexibility index (Phi) is 6.82. The van der Waals surface area contributed by atoms with E-state index < -0.39 is 0 Å². The first kappa shape index (κ1) is 17.2. The third-order valence-electron chi connectivity index (χ3n) is 3.79. The topological polar surface area (TPSA) is 29.5 Å². The summed E-state index contributed by atoms with van der Waals surface area (Å²) in [7, 11) is 0. The van der Waals surface area contributed by atoms with Gasteiger partial charge in [-0.3, -0.25) is 4.79 Å². The molecule has 0 aliphatic heterocycles. The average molecular weight is 311 g/mol. The van der Waals surface area contributed by atoms with Crippen LogP contribution in [-0.4, -0.2) is 25.2 Å². The fourth-order valence-electron chi connectivity index (χ4n) is 2.41. The van der Waals surface area contributed by atoms with Crippen LogP contribution in [0.5, 0.6) is 0 Å². The largest absolute Gasteiger partial charge is 0.359 e. The molecule has 0 spiro atoms. The van der Waals surface area contributed by atoms with E-state index >= 15 is 0 Å². The molecule has 1 atom stereocenters. The lowest BCUT2D eigenvalue weighted by Crippen LogP contribution is -2.39. The lowest BCUT2D eigenvalue weighted by Gasteiger charge is -2.30. The molecule has 23 heavy (non-hydrogen) atoms. The Labute approximate surface area is 138 Å². The van der Waals surface area contributed by atoms with Crippen molar-refractivity contribution >= 4 is 11.5 Å². The van der Waals surface area contributed by atoms with E-state index in [4.69, 9.17) is 4.74 Å². The standard InChI is InChI=1S/C20H25NO2/c1-3-4-15-23-17(2)21(19-13-9-6-10-14-19)16-20(22)18-11-7-5-8-12-18/h5-14,17H,3-4,15-16H2,1-2H3. The van der Waals surface area contributed by atoms with Crippen molar-refractivity contribution in [3.63, 3.8) is 0 Å². The predicted molar refractivity (Wildman–Crippen MR) is 94.9 cm³/mol. The first-order chi connectivity index (χ1) is 11.2. The number of anilines is 1. The molecule has 0 radical (unpaired) electrons. The Morgan fingerprint density at radius 2 is 1.65 bits per heavy atom. The summed E-state index contributed by atoms with van der Waals surface area (Å²) in [6.45, 7) is 5.16. The zero-order valence-electron chi connectivity index (χ0n) is 13.9. The van der Waals surface area contributed by atoms with Gasteiger partial charge in [0, 0.05) is 17.9 Å². The summed E-state index contributed by atoms with van der Waals surface area (Å²) in [4.78, 5) is 14.6. The Morgan fingerprint density at radius 1 is 1.04 bits per heavy atom. The highest BCUT2D eigenvalue weighted by Gasteiger charge is 2.19. The van der Waals surface area contributed by atoms with Gasteiger partial charge >= 0.3 is 0 Å². The third kappa shape index (κ3) is 5.22. The normalized spacial score (nSPS) is 11.9. The first-order valence-corrected chi connectivity index (χ1v) is 8.24. The van der Waals surface area contributed by atoms with E-state index in [2.05, 4.69) is 6.92 Å². The second kappa shape index (κ2) is 9.11. The van der Waals surface area contributed by atoms with Crippen molar-refractivity contribution in [2.24, 2.45) is 0 Å². The van der Waals surface area contributed by atoms with Crippen LogP contribution in [-0.2, 0) is 4.74 Å². The van der Waals surface area contributed by atoms with Gasteiger partial charge in [-0.1, -0.05) is 61.9 Å². The highest BCUT2D eigenvalue weighted by Crippen LogP contribution is 2.18. The van der Waals surface area contributed by atoms with Gasteiger partial charge < -0.3 is 9.64 Å². The molecule has 2 rings (SSSR count). The van der Waals surface area contributed by atoms with Crippen LogP contribution in [0.4, 0.5) is 5.69 Å². The molecule has 0 aliphatic carbocycles. The maximum Gasteiger partial charge on any atom is 0.182 e. The van der Waals surface area contributed by atoms with E-state index in [1.807, 2.05) is 72.5 Å². The number of carbonyl (C=O) groups excluding carboxylic acids is 1. The summed E-state index contributed by atoms with van der Waals surface area (Å²) in [5, 5.41) is 0. The summed E-state index contributed by atoms with van der Waals surface area (Å²) in [6.07, 6.45) is 1.98. The number of Topliss-reactive ketones (excluding diaryl/α,β-unsaturated/α-hetero) is 1. The summed E-state index contributed by atoms with van der Waals surface area (Å²) in [5.41, 5.74) is 1.73. The van der Waals surface area contributed by atoms with E-state index in [0.717, 1.165) is 24.1 Å². The van der Waals surface area contributed by atoms with Crippen molar-refractivity contribution in [2.45, 2.75) is 32.9 Å². The zero-order valence-corrected chi connectivity index (χ0v) is 13.9. The van der Waals surface area contributed by atoms with Gasteiger partial charge in [0.25, 0.3) is 0 Å². The Balaban J connectivity index is 2.12. The van der Waals surface area contributed by atoms with Crippen molar-refractivity contribution < 1.29 is 9.53 Å².